The van der Waals surface area contributed by atoms with Gasteiger partial charge in [0.2, 0.25) is 5.91 Å². The number of nitrogens with zero attached hydrogens (tertiary/aromatic N) is 3. The number of hydrogen-bond acceptors (Lipinski definition) is 6. The Morgan fingerprint density at radius 1 is 1.23 bits per heavy atom. The van der Waals surface area contributed by atoms with Crippen molar-refractivity contribution in [2.24, 2.45) is 0 Å². The molecule has 4 rings (SSSR count). The number of carbonyl (C=O) groups is 2. The SMILES string of the molecule is CCC[NH+](CC(=O)Nc1ccc(N2CCCC2=O)cc1)Cc1nnc(-c2ccco2)o1. The first-order valence-corrected chi connectivity index (χ1v) is 10.5. The van der Waals surface area contributed by atoms with Crippen LogP contribution in [-0.4, -0.2) is 41.6 Å². The zero-order chi connectivity index (χ0) is 21.6. The molecular weight excluding hydrogens is 398 g/mol. The second kappa shape index (κ2) is 9.57. The highest BCUT2D eigenvalue weighted by molar-refractivity contribution is 5.96. The lowest BCUT2D eigenvalue weighted by Crippen LogP contribution is -3.11. The number of benzene rings is 1. The number of aromatic nitrogens is 2. The van der Waals surface area contributed by atoms with Gasteiger partial charge in [-0.05, 0) is 49.2 Å². The van der Waals surface area contributed by atoms with Gasteiger partial charge in [-0.25, -0.2) is 0 Å². The Hall–Kier alpha value is -3.46. The summed E-state index contributed by atoms with van der Waals surface area (Å²) in [6, 6.07) is 10.9. The van der Waals surface area contributed by atoms with E-state index in [-0.39, 0.29) is 18.4 Å². The van der Waals surface area contributed by atoms with E-state index in [1.165, 1.54) is 0 Å². The molecule has 1 aliphatic rings. The van der Waals surface area contributed by atoms with Gasteiger partial charge in [-0.15, -0.1) is 10.2 Å². The monoisotopic (exact) mass is 424 g/mol. The molecule has 0 spiro atoms. The zero-order valence-electron chi connectivity index (χ0n) is 17.5. The summed E-state index contributed by atoms with van der Waals surface area (Å²) in [5.74, 6) is 1.36. The van der Waals surface area contributed by atoms with Crippen LogP contribution in [0.25, 0.3) is 11.7 Å². The van der Waals surface area contributed by atoms with Gasteiger partial charge in [-0.2, -0.15) is 0 Å². The summed E-state index contributed by atoms with van der Waals surface area (Å²) in [5, 5.41) is 11.0. The van der Waals surface area contributed by atoms with Crippen LogP contribution in [0.1, 0.15) is 32.1 Å². The summed E-state index contributed by atoms with van der Waals surface area (Å²) in [4.78, 5) is 27.3. The molecule has 2 N–H and O–H groups in total. The standard InChI is InChI=1S/C22H25N5O4/c1-2-11-26(15-20-24-25-22(31-20)18-5-4-13-30-18)14-19(28)23-16-7-9-17(10-8-16)27-12-3-6-21(27)29/h4-5,7-10,13H,2-3,6,11-12,14-15H2,1H3,(H,23,28)/p+1. The van der Waals surface area contributed by atoms with Crippen molar-refractivity contribution in [3.8, 4) is 11.7 Å². The van der Waals surface area contributed by atoms with Crippen molar-refractivity contribution in [3.63, 3.8) is 0 Å². The number of rotatable bonds is 9. The first-order chi connectivity index (χ1) is 15.1. The number of carbonyl (C=O) groups excluding carboxylic acids is 2. The molecule has 0 saturated carbocycles. The molecule has 0 bridgehead atoms. The number of quaternary nitrogens is 1. The fraction of sp³-hybridized carbons (Fsp3) is 0.364. The Morgan fingerprint density at radius 3 is 2.74 bits per heavy atom. The molecule has 9 heteroatoms. The molecule has 0 aliphatic carbocycles. The summed E-state index contributed by atoms with van der Waals surface area (Å²) in [5.41, 5.74) is 1.57. The van der Waals surface area contributed by atoms with Crippen LogP contribution in [0, 0.1) is 0 Å². The third-order valence-corrected chi connectivity index (χ3v) is 5.15. The molecule has 31 heavy (non-hydrogen) atoms. The maximum atomic E-state index is 12.6. The Morgan fingerprint density at radius 2 is 2.06 bits per heavy atom. The van der Waals surface area contributed by atoms with E-state index in [1.807, 2.05) is 24.3 Å². The van der Waals surface area contributed by atoms with Gasteiger partial charge < -0.3 is 24.0 Å². The Balaban J connectivity index is 1.33. The largest absolute Gasteiger partial charge is 0.459 e. The van der Waals surface area contributed by atoms with Crippen LogP contribution < -0.4 is 15.1 Å². The molecular formula is C22H26N5O4+. The van der Waals surface area contributed by atoms with Crippen molar-refractivity contribution >= 4 is 23.2 Å². The average Bonchev–Trinajstić information content (AvgIpc) is 3.50. The van der Waals surface area contributed by atoms with E-state index in [2.05, 4.69) is 22.4 Å². The minimum atomic E-state index is -0.0979. The molecule has 9 nitrogen and oxygen atoms in total. The molecule has 3 heterocycles. The summed E-state index contributed by atoms with van der Waals surface area (Å²) < 4.78 is 10.9. The Labute approximate surface area is 180 Å². The first kappa shape index (κ1) is 20.8. The van der Waals surface area contributed by atoms with Crippen LogP contribution >= 0.6 is 0 Å². The number of hydrogen-bond donors (Lipinski definition) is 2. The third-order valence-electron chi connectivity index (χ3n) is 5.15. The predicted molar refractivity (Wildman–Crippen MR) is 113 cm³/mol. The maximum absolute atomic E-state index is 12.6. The summed E-state index contributed by atoms with van der Waals surface area (Å²) in [7, 11) is 0. The van der Waals surface area contributed by atoms with Gasteiger partial charge >= 0.3 is 0 Å². The molecule has 3 aromatic rings. The smallest absolute Gasteiger partial charge is 0.283 e. The molecule has 0 radical (unpaired) electrons. The quantitative estimate of drug-likeness (QED) is 0.543. The molecule has 1 aromatic carbocycles. The van der Waals surface area contributed by atoms with E-state index < -0.39 is 0 Å². The second-order valence-electron chi connectivity index (χ2n) is 7.58. The van der Waals surface area contributed by atoms with Gasteiger partial charge in [-0.1, -0.05) is 6.92 Å². The molecule has 1 saturated heterocycles. The zero-order valence-corrected chi connectivity index (χ0v) is 17.5. The fourth-order valence-corrected chi connectivity index (χ4v) is 3.71. The van der Waals surface area contributed by atoms with Gasteiger partial charge in [-0.3, -0.25) is 9.59 Å². The van der Waals surface area contributed by atoms with Crippen LogP contribution in [0.5, 0.6) is 0 Å². The molecule has 2 amide bonds. The third kappa shape index (κ3) is 5.18. The van der Waals surface area contributed by atoms with Gasteiger partial charge in [0.15, 0.2) is 18.8 Å². The molecule has 1 atom stereocenters. The van der Waals surface area contributed by atoms with E-state index in [9.17, 15) is 9.59 Å². The Bertz CT molecular complexity index is 1010. The van der Waals surface area contributed by atoms with Gasteiger partial charge in [0.25, 0.3) is 17.7 Å². The normalized spacial score (nSPS) is 14.7. The van der Waals surface area contributed by atoms with E-state index in [0.717, 1.165) is 36.5 Å². The van der Waals surface area contributed by atoms with Crippen molar-refractivity contribution in [1.82, 2.24) is 10.2 Å². The van der Waals surface area contributed by atoms with Crippen LogP contribution in [0.2, 0.25) is 0 Å². The van der Waals surface area contributed by atoms with E-state index in [4.69, 9.17) is 8.83 Å². The highest BCUT2D eigenvalue weighted by Crippen LogP contribution is 2.23. The molecule has 2 aromatic heterocycles. The predicted octanol–water partition coefficient (Wildman–Crippen LogP) is 1.89. The van der Waals surface area contributed by atoms with Crippen LogP contribution in [0.15, 0.2) is 51.5 Å². The minimum absolute atomic E-state index is 0.0979. The van der Waals surface area contributed by atoms with Gasteiger partial charge in [0.05, 0.1) is 12.8 Å². The Kier molecular flexibility index (Phi) is 6.42. The maximum Gasteiger partial charge on any atom is 0.283 e. The number of amides is 2. The molecule has 162 valence electrons. The summed E-state index contributed by atoms with van der Waals surface area (Å²) >= 11 is 0. The lowest BCUT2D eigenvalue weighted by molar-refractivity contribution is -0.907. The first-order valence-electron chi connectivity index (χ1n) is 10.5. The lowest BCUT2D eigenvalue weighted by Gasteiger charge is -2.18. The van der Waals surface area contributed by atoms with Crippen LogP contribution in [0.3, 0.4) is 0 Å². The second-order valence-corrected chi connectivity index (χ2v) is 7.58. The highest BCUT2D eigenvalue weighted by atomic mass is 16.4. The number of anilines is 2. The fourth-order valence-electron chi connectivity index (χ4n) is 3.71. The molecule has 1 aliphatic heterocycles. The van der Waals surface area contributed by atoms with Crippen molar-refractivity contribution in [2.75, 3.05) is 29.9 Å². The average molecular weight is 424 g/mol. The van der Waals surface area contributed by atoms with Crippen molar-refractivity contribution < 1.29 is 23.3 Å². The van der Waals surface area contributed by atoms with Gasteiger partial charge in [0, 0.05) is 24.3 Å². The van der Waals surface area contributed by atoms with Crippen molar-refractivity contribution in [2.45, 2.75) is 32.7 Å². The lowest BCUT2D eigenvalue weighted by atomic mass is 10.2. The van der Waals surface area contributed by atoms with E-state index >= 15 is 0 Å². The van der Waals surface area contributed by atoms with Crippen LogP contribution in [-0.2, 0) is 16.1 Å². The topological polar surface area (TPSA) is 106 Å². The van der Waals surface area contributed by atoms with Crippen LogP contribution in [0.4, 0.5) is 11.4 Å². The summed E-state index contributed by atoms with van der Waals surface area (Å²) in [6.07, 6.45) is 3.95. The van der Waals surface area contributed by atoms with E-state index in [1.54, 1.807) is 23.3 Å². The molecule has 1 fully saturated rings. The van der Waals surface area contributed by atoms with Crippen molar-refractivity contribution in [1.29, 1.82) is 0 Å². The minimum Gasteiger partial charge on any atom is -0.459 e. The van der Waals surface area contributed by atoms with Gasteiger partial charge in [0.1, 0.15) is 0 Å². The van der Waals surface area contributed by atoms with E-state index in [0.29, 0.717) is 36.2 Å². The van der Waals surface area contributed by atoms with Crippen molar-refractivity contribution in [3.05, 3.63) is 48.6 Å². The highest BCUT2D eigenvalue weighted by Gasteiger charge is 2.22. The summed E-state index contributed by atoms with van der Waals surface area (Å²) in [6.45, 7) is 4.33. The number of nitrogens with one attached hydrogen (secondary N) is 2. The number of furan rings is 1. The molecule has 1 unspecified atom stereocenters.